The van der Waals surface area contributed by atoms with E-state index in [0.717, 1.165) is 17.9 Å². The minimum Gasteiger partial charge on any atom is -0.479 e. The summed E-state index contributed by atoms with van der Waals surface area (Å²) in [7, 11) is 0. The average Bonchev–Trinajstić information content (AvgIpc) is 2.52. The molecular weight excluding hydrogens is 250 g/mol. The van der Waals surface area contributed by atoms with Gasteiger partial charge in [0.1, 0.15) is 11.8 Å². The maximum absolute atomic E-state index is 8.51. The van der Waals surface area contributed by atoms with Crippen molar-refractivity contribution < 1.29 is 4.74 Å². The van der Waals surface area contributed by atoms with Crippen LogP contribution in [0, 0.1) is 11.3 Å². The molecule has 0 radical (unpaired) electrons. The molecule has 1 atom stereocenters. The molecule has 0 amide bonds. The predicted octanol–water partition coefficient (Wildman–Crippen LogP) is 2.83. The fourth-order valence-electron chi connectivity index (χ4n) is 1.90. The van der Waals surface area contributed by atoms with Crippen molar-refractivity contribution in [2.45, 2.75) is 19.5 Å². The molecule has 20 heavy (non-hydrogen) atoms. The first-order valence-electron chi connectivity index (χ1n) is 6.51. The van der Waals surface area contributed by atoms with E-state index >= 15 is 0 Å². The molecule has 1 aromatic carbocycles. The van der Waals surface area contributed by atoms with Gasteiger partial charge in [-0.25, -0.2) is 0 Å². The van der Waals surface area contributed by atoms with Crippen molar-refractivity contribution in [3.8, 4) is 11.8 Å². The molecule has 0 saturated carbocycles. The molecule has 0 aliphatic carbocycles. The number of benzene rings is 1. The highest BCUT2D eigenvalue weighted by molar-refractivity contribution is 5.29. The van der Waals surface area contributed by atoms with Gasteiger partial charge in [-0.1, -0.05) is 12.1 Å². The standard InChI is InChI=1S/C16H17N3O/c1-13(15-5-8-18-9-6-15)19-12-14-3-2-4-16(11-14)20-10-7-17/h2-6,8-9,11,13,19H,10,12H2,1H3. The van der Waals surface area contributed by atoms with Gasteiger partial charge in [0.05, 0.1) is 0 Å². The van der Waals surface area contributed by atoms with Crippen LogP contribution in [0.5, 0.6) is 5.75 Å². The third-order valence-corrected chi connectivity index (χ3v) is 3.02. The molecule has 102 valence electrons. The largest absolute Gasteiger partial charge is 0.479 e. The summed E-state index contributed by atoms with van der Waals surface area (Å²) in [6.45, 7) is 2.93. The number of rotatable bonds is 6. The van der Waals surface area contributed by atoms with Crippen molar-refractivity contribution in [3.05, 3.63) is 59.9 Å². The first-order chi connectivity index (χ1) is 9.79. The molecule has 4 heteroatoms. The van der Waals surface area contributed by atoms with Gasteiger partial charge in [0.25, 0.3) is 0 Å². The zero-order valence-electron chi connectivity index (χ0n) is 11.4. The van der Waals surface area contributed by atoms with Crippen molar-refractivity contribution in [3.63, 3.8) is 0 Å². The lowest BCUT2D eigenvalue weighted by molar-refractivity contribution is 0.367. The molecule has 2 rings (SSSR count). The molecular formula is C16H17N3O. The van der Waals surface area contributed by atoms with E-state index in [4.69, 9.17) is 10.00 Å². The topological polar surface area (TPSA) is 57.9 Å². The second-order valence-electron chi connectivity index (χ2n) is 4.48. The molecule has 0 aliphatic heterocycles. The van der Waals surface area contributed by atoms with Crippen LogP contribution in [0.25, 0.3) is 0 Å². The Morgan fingerprint density at radius 3 is 2.85 bits per heavy atom. The molecule has 0 saturated heterocycles. The van der Waals surface area contributed by atoms with Gasteiger partial charge in [-0.3, -0.25) is 4.98 Å². The number of ether oxygens (including phenoxy) is 1. The second kappa shape index (κ2) is 7.27. The summed E-state index contributed by atoms with van der Waals surface area (Å²) in [5.41, 5.74) is 2.33. The van der Waals surface area contributed by atoms with Crippen molar-refractivity contribution in [2.75, 3.05) is 6.61 Å². The van der Waals surface area contributed by atoms with Crippen LogP contribution in [0.4, 0.5) is 0 Å². The number of nitrogens with zero attached hydrogens (tertiary/aromatic N) is 2. The molecule has 2 aromatic rings. The lowest BCUT2D eigenvalue weighted by Crippen LogP contribution is -2.18. The Morgan fingerprint density at radius 1 is 1.30 bits per heavy atom. The Bertz CT molecular complexity index is 578. The SMILES string of the molecule is CC(NCc1cccc(OCC#N)c1)c1ccncc1. The quantitative estimate of drug-likeness (QED) is 0.874. The smallest absolute Gasteiger partial charge is 0.174 e. The van der Waals surface area contributed by atoms with E-state index in [2.05, 4.69) is 17.2 Å². The van der Waals surface area contributed by atoms with Gasteiger partial charge in [0.2, 0.25) is 0 Å². The average molecular weight is 267 g/mol. The summed E-state index contributed by atoms with van der Waals surface area (Å²) >= 11 is 0. The third-order valence-electron chi connectivity index (χ3n) is 3.02. The second-order valence-corrected chi connectivity index (χ2v) is 4.48. The molecule has 1 N–H and O–H groups in total. The number of hydrogen-bond acceptors (Lipinski definition) is 4. The Morgan fingerprint density at radius 2 is 2.10 bits per heavy atom. The Hall–Kier alpha value is -2.38. The van der Waals surface area contributed by atoms with Gasteiger partial charge in [-0.15, -0.1) is 0 Å². The highest BCUT2D eigenvalue weighted by atomic mass is 16.5. The van der Waals surface area contributed by atoms with Crippen molar-refractivity contribution in [1.29, 1.82) is 5.26 Å². The normalized spacial score (nSPS) is 11.6. The Kier molecular flexibility index (Phi) is 5.10. The first kappa shape index (κ1) is 14.0. The predicted molar refractivity (Wildman–Crippen MR) is 77.0 cm³/mol. The molecule has 0 spiro atoms. The maximum Gasteiger partial charge on any atom is 0.174 e. The van der Waals surface area contributed by atoms with Crippen LogP contribution in [0.3, 0.4) is 0 Å². The van der Waals surface area contributed by atoms with Gasteiger partial charge < -0.3 is 10.1 Å². The Labute approximate surface area is 119 Å². The van der Waals surface area contributed by atoms with Gasteiger partial charge in [0.15, 0.2) is 6.61 Å². The van der Waals surface area contributed by atoms with Crippen LogP contribution in [0.1, 0.15) is 24.1 Å². The molecule has 4 nitrogen and oxygen atoms in total. The molecule has 0 aliphatic rings. The third kappa shape index (κ3) is 4.08. The van der Waals surface area contributed by atoms with E-state index in [9.17, 15) is 0 Å². The van der Waals surface area contributed by atoms with Crippen LogP contribution in [-0.4, -0.2) is 11.6 Å². The first-order valence-corrected chi connectivity index (χ1v) is 6.51. The van der Waals surface area contributed by atoms with Crippen LogP contribution in [-0.2, 0) is 6.54 Å². The van der Waals surface area contributed by atoms with Crippen LogP contribution >= 0.6 is 0 Å². The van der Waals surface area contributed by atoms with E-state index in [-0.39, 0.29) is 12.6 Å². The lowest BCUT2D eigenvalue weighted by atomic mass is 10.1. The summed E-state index contributed by atoms with van der Waals surface area (Å²) in [5.74, 6) is 0.724. The monoisotopic (exact) mass is 267 g/mol. The lowest BCUT2D eigenvalue weighted by Gasteiger charge is -2.14. The zero-order valence-corrected chi connectivity index (χ0v) is 11.4. The highest BCUT2D eigenvalue weighted by Crippen LogP contribution is 2.15. The fourth-order valence-corrected chi connectivity index (χ4v) is 1.90. The van der Waals surface area contributed by atoms with Crippen LogP contribution in [0.2, 0.25) is 0 Å². The molecule has 1 heterocycles. The van der Waals surface area contributed by atoms with E-state index in [1.165, 1.54) is 5.56 Å². The van der Waals surface area contributed by atoms with E-state index in [0.29, 0.717) is 0 Å². The summed E-state index contributed by atoms with van der Waals surface area (Å²) < 4.78 is 5.29. The maximum atomic E-state index is 8.51. The highest BCUT2D eigenvalue weighted by Gasteiger charge is 2.04. The van der Waals surface area contributed by atoms with Gasteiger partial charge in [-0.05, 0) is 42.3 Å². The summed E-state index contributed by atoms with van der Waals surface area (Å²) in [5, 5.41) is 12.0. The molecule has 1 unspecified atom stereocenters. The van der Waals surface area contributed by atoms with Gasteiger partial charge in [0, 0.05) is 25.0 Å². The molecule has 0 bridgehead atoms. The summed E-state index contributed by atoms with van der Waals surface area (Å²) in [4.78, 5) is 4.02. The van der Waals surface area contributed by atoms with Gasteiger partial charge >= 0.3 is 0 Å². The number of pyridine rings is 1. The van der Waals surface area contributed by atoms with E-state index in [1.54, 1.807) is 12.4 Å². The zero-order chi connectivity index (χ0) is 14.2. The van der Waals surface area contributed by atoms with Crippen LogP contribution < -0.4 is 10.1 Å². The van der Waals surface area contributed by atoms with Crippen LogP contribution in [0.15, 0.2) is 48.8 Å². The van der Waals surface area contributed by atoms with E-state index < -0.39 is 0 Å². The van der Waals surface area contributed by atoms with Gasteiger partial charge in [-0.2, -0.15) is 5.26 Å². The van der Waals surface area contributed by atoms with Crippen molar-refractivity contribution >= 4 is 0 Å². The minimum atomic E-state index is 0.0737. The number of nitrogens with one attached hydrogen (secondary N) is 1. The van der Waals surface area contributed by atoms with Crippen molar-refractivity contribution in [2.24, 2.45) is 0 Å². The van der Waals surface area contributed by atoms with E-state index in [1.807, 2.05) is 42.5 Å². The van der Waals surface area contributed by atoms with Crippen molar-refractivity contribution in [1.82, 2.24) is 10.3 Å². The molecule has 1 aromatic heterocycles. The summed E-state index contributed by atoms with van der Waals surface area (Å²) in [6.07, 6.45) is 3.59. The number of hydrogen-bond donors (Lipinski definition) is 1. The minimum absolute atomic E-state index is 0.0737. The fraction of sp³-hybridized carbons (Fsp3) is 0.250. The molecule has 0 fully saturated rings. The number of aromatic nitrogens is 1. The Balaban J connectivity index is 1.92. The number of nitriles is 1. The summed E-state index contributed by atoms with van der Waals surface area (Å²) in [6, 6.07) is 14.0.